The number of carbonyl (C=O) groups is 5. The lowest BCUT2D eigenvalue weighted by atomic mass is 10.0. The van der Waals surface area contributed by atoms with Gasteiger partial charge in [-0.15, -0.1) is 0 Å². The number of amides is 2. The van der Waals surface area contributed by atoms with E-state index in [-0.39, 0.29) is 65.5 Å². The van der Waals surface area contributed by atoms with Crippen LogP contribution in [-0.2, 0) is 58.9 Å². The molecule has 0 aliphatic rings. The van der Waals surface area contributed by atoms with Crippen molar-refractivity contribution < 1.29 is 57.1 Å². The molecule has 0 spiro atoms. The molecule has 2 N–H and O–H groups in total. The number of alkyl carbamates (subject to hydrolysis) is 1. The van der Waals surface area contributed by atoms with Crippen LogP contribution in [0.4, 0.5) is 4.79 Å². The lowest BCUT2D eigenvalue weighted by Crippen LogP contribution is -2.60. The average Bonchev–Trinajstić information content (AvgIpc) is 2.99. The molecule has 0 atom stereocenters. The number of ether oxygens (including phenoxy) is 7. The van der Waals surface area contributed by atoms with Crippen molar-refractivity contribution in [2.75, 3.05) is 67.5 Å². The van der Waals surface area contributed by atoms with Gasteiger partial charge in [-0.3, -0.25) is 19.2 Å². The highest BCUT2D eigenvalue weighted by atomic mass is 16.6. The molecule has 230 valence electrons. The summed E-state index contributed by atoms with van der Waals surface area (Å²) in [4.78, 5) is 59.3. The van der Waals surface area contributed by atoms with Gasteiger partial charge in [-0.25, -0.2) is 4.79 Å². The van der Waals surface area contributed by atoms with Gasteiger partial charge < -0.3 is 43.8 Å². The number of nitrogens with one attached hydrogen (secondary N) is 2. The highest BCUT2D eigenvalue weighted by molar-refractivity contribution is 5.82. The summed E-state index contributed by atoms with van der Waals surface area (Å²) in [5.74, 6) is -1.96. The smallest absolute Gasteiger partial charge is 0.407 e. The van der Waals surface area contributed by atoms with E-state index >= 15 is 0 Å². The first-order chi connectivity index (χ1) is 19.7. The Hall–Kier alpha value is -3.75. The van der Waals surface area contributed by atoms with Crippen molar-refractivity contribution >= 4 is 29.9 Å². The summed E-state index contributed by atoms with van der Waals surface area (Å²) in [6.07, 6.45) is -0.359. The van der Waals surface area contributed by atoms with Gasteiger partial charge in [-0.2, -0.15) is 0 Å². The normalized spacial score (nSPS) is 10.8. The minimum Gasteiger partial charge on any atom is -0.469 e. The van der Waals surface area contributed by atoms with Gasteiger partial charge in [-0.05, 0) is 12.0 Å². The second-order valence-electron chi connectivity index (χ2n) is 8.73. The summed E-state index contributed by atoms with van der Waals surface area (Å²) >= 11 is 0. The van der Waals surface area contributed by atoms with Crippen molar-refractivity contribution in [1.82, 2.24) is 10.6 Å². The molecular formula is C27H40N2O12. The maximum absolute atomic E-state index is 12.9. The highest BCUT2D eigenvalue weighted by Crippen LogP contribution is 2.11. The third-order valence-electron chi connectivity index (χ3n) is 5.40. The van der Waals surface area contributed by atoms with Crippen LogP contribution in [0.1, 0.15) is 31.2 Å². The summed E-state index contributed by atoms with van der Waals surface area (Å²) in [7, 11) is 3.79. The van der Waals surface area contributed by atoms with Crippen molar-refractivity contribution in [2.24, 2.45) is 0 Å². The zero-order chi connectivity index (χ0) is 30.3. The Bertz CT molecular complexity index is 917. The monoisotopic (exact) mass is 584 g/mol. The van der Waals surface area contributed by atoms with Crippen LogP contribution in [0, 0.1) is 0 Å². The SMILES string of the molecule is COC(=O)CCCOCC(COCCC(=O)OC)(COCCC(=O)OC)NC(=O)CNC(=O)OCc1ccccc1. The van der Waals surface area contributed by atoms with Crippen LogP contribution in [0.5, 0.6) is 0 Å². The molecule has 0 aromatic heterocycles. The minimum atomic E-state index is -1.29. The molecule has 14 nitrogen and oxygen atoms in total. The molecule has 41 heavy (non-hydrogen) atoms. The van der Waals surface area contributed by atoms with Gasteiger partial charge in [0, 0.05) is 13.0 Å². The average molecular weight is 585 g/mol. The standard InChI is InChI=1S/C27H40N2O12/c1-35-23(31)10-7-13-38-18-27(19-39-14-11-24(32)36-2,20-40-15-12-25(33)37-3)29-22(30)16-28-26(34)41-17-21-8-5-4-6-9-21/h4-6,8-9H,7,10-20H2,1-3H3,(H,28,34)(H,29,30). The molecule has 0 aliphatic heterocycles. The summed E-state index contributed by atoms with van der Waals surface area (Å²) in [6, 6.07) is 9.03. The summed E-state index contributed by atoms with van der Waals surface area (Å²) in [6.45, 7) is -0.692. The largest absolute Gasteiger partial charge is 0.469 e. The van der Waals surface area contributed by atoms with Crippen LogP contribution in [0.15, 0.2) is 30.3 Å². The maximum Gasteiger partial charge on any atom is 0.407 e. The van der Waals surface area contributed by atoms with E-state index in [1.54, 1.807) is 12.1 Å². The van der Waals surface area contributed by atoms with Gasteiger partial charge in [0.2, 0.25) is 5.91 Å². The van der Waals surface area contributed by atoms with Crippen molar-refractivity contribution in [3.05, 3.63) is 35.9 Å². The molecule has 0 fully saturated rings. The predicted octanol–water partition coefficient (Wildman–Crippen LogP) is 0.897. The predicted molar refractivity (Wildman–Crippen MR) is 142 cm³/mol. The Labute approximate surface area is 239 Å². The number of hydrogen-bond acceptors (Lipinski definition) is 12. The van der Waals surface area contributed by atoms with Gasteiger partial charge >= 0.3 is 24.0 Å². The fourth-order valence-electron chi connectivity index (χ4n) is 3.24. The first kappa shape index (κ1) is 35.3. The van der Waals surface area contributed by atoms with E-state index in [0.717, 1.165) is 5.56 Å². The van der Waals surface area contributed by atoms with E-state index in [9.17, 15) is 24.0 Å². The second-order valence-corrected chi connectivity index (χ2v) is 8.73. The van der Waals surface area contributed by atoms with Gasteiger partial charge in [0.05, 0.1) is 67.2 Å². The lowest BCUT2D eigenvalue weighted by molar-refractivity contribution is -0.144. The van der Waals surface area contributed by atoms with Gasteiger partial charge in [0.25, 0.3) is 0 Å². The molecule has 0 aliphatic carbocycles. The van der Waals surface area contributed by atoms with Crippen LogP contribution in [0.25, 0.3) is 0 Å². The van der Waals surface area contributed by atoms with E-state index in [1.807, 2.05) is 18.2 Å². The molecule has 1 rings (SSSR count). The molecule has 14 heteroatoms. The maximum atomic E-state index is 12.9. The quantitative estimate of drug-likeness (QED) is 0.119. The topological polar surface area (TPSA) is 174 Å². The Morgan fingerprint density at radius 3 is 1.76 bits per heavy atom. The first-order valence-electron chi connectivity index (χ1n) is 12.9. The lowest BCUT2D eigenvalue weighted by Gasteiger charge is -2.34. The molecule has 1 aromatic rings. The van der Waals surface area contributed by atoms with Gasteiger partial charge in [-0.1, -0.05) is 30.3 Å². The molecular weight excluding hydrogens is 544 g/mol. The van der Waals surface area contributed by atoms with Crippen molar-refractivity contribution in [1.29, 1.82) is 0 Å². The van der Waals surface area contributed by atoms with E-state index in [1.165, 1.54) is 21.3 Å². The highest BCUT2D eigenvalue weighted by Gasteiger charge is 2.34. The van der Waals surface area contributed by atoms with E-state index in [4.69, 9.17) is 18.9 Å². The van der Waals surface area contributed by atoms with Crippen molar-refractivity contribution in [3.8, 4) is 0 Å². The zero-order valence-electron chi connectivity index (χ0n) is 23.8. The van der Waals surface area contributed by atoms with Crippen molar-refractivity contribution in [2.45, 2.75) is 37.8 Å². The van der Waals surface area contributed by atoms with Crippen LogP contribution < -0.4 is 10.6 Å². The number of esters is 3. The molecule has 0 bridgehead atoms. The van der Waals surface area contributed by atoms with E-state index in [0.29, 0.717) is 6.42 Å². The third kappa shape index (κ3) is 16.8. The molecule has 0 unspecified atom stereocenters. The fourth-order valence-corrected chi connectivity index (χ4v) is 3.24. The third-order valence-corrected chi connectivity index (χ3v) is 5.40. The van der Waals surface area contributed by atoms with Crippen LogP contribution in [0.2, 0.25) is 0 Å². The van der Waals surface area contributed by atoms with Crippen LogP contribution in [-0.4, -0.2) is 103 Å². The van der Waals surface area contributed by atoms with Crippen molar-refractivity contribution in [3.63, 3.8) is 0 Å². The summed E-state index contributed by atoms with van der Waals surface area (Å²) in [5.41, 5.74) is -0.506. The molecule has 2 amide bonds. The first-order valence-corrected chi connectivity index (χ1v) is 12.9. The molecule has 0 saturated carbocycles. The number of benzene rings is 1. The Morgan fingerprint density at radius 2 is 1.22 bits per heavy atom. The second kappa shape index (κ2) is 21.1. The van der Waals surface area contributed by atoms with Crippen LogP contribution >= 0.6 is 0 Å². The number of methoxy groups -OCH3 is 3. The fraction of sp³-hybridized carbons (Fsp3) is 0.593. The minimum absolute atomic E-state index is 0.0150. The molecule has 0 saturated heterocycles. The van der Waals surface area contributed by atoms with E-state index in [2.05, 4.69) is 24.8 Å². The van der Waals surface area contributed by atoms with E-state index < -0.39 is 42.0 Å². The zero-order valence-corrected chi connectivity index (χ0v) is 23.8. The van der Waals surface area contributed by atoms with Gasteiger partial charge in [0.1, 0.15) is 18.7 Å². The molecule has 1 aromatic carbocycles. The van der Waals surface area contributed by atoms with Gasteiger partial charge in [0.15, 0.2) is 0 Å². The number of hydrogen-bond donors (Lipinski definition) is 2. The number of carbonyl (C=O) groups excluding carboxylic acids is 5. The number of rotatable bonds is 21. The Balaban J connectivity index is 2.83. The molecule has 0 radical (unpaired) electrons. The Morgan fingerprint density at radius 1 is 0.707 bits per heavy atom. The summed E-state index contributed by atoms with van der Waals surface area (Å²) < 4.78 is 36.0. The summed E-state index contributed by atoms with van der Waals surface area (Å²) in [5, 5.41) is 5.15. The van der Waals surface area contributed by atoms with Crippen LogP contribution in [0.3, 0.4) is 0 Å². The molecule has 0 heterocycles. The Kier molecular flexibility index (Phi) is 18.1.